The fraction of sp³-hybridized carbons (Fsp3) is 0.600. The number of nitrogens with two attached hydrogens (primary N) is 2. The van der Waals surface area contributed by atoms with Gasteiger partial charge in [0, 0.05) is 6.54 Å². The molecule has 10 heteroatoms. The lowest BCUT2D eigenvalue weighted by atomic mass is 10.2. The van der Waals surface area contributed by atoms with Crippen molar-refractivity contribution in [2.24, 2.45) is 11.5 Å². The average molecular weight is 288 g/mol. The number of primary amides is 1. The third-order valence-electron chi connectivity index (χ3n) is 2.59. The second-order valence-electron chi connectivity index (χ2n) is 4.30. The molecule has 0 aromatic rings. The zero-order valence-electron chi connectivity index (χ0n) is 10.7. The smallest absolute Gasteiger partial charge is 0.325 e. The van der Waals surface area contributed by atoms with Crippen molar-refractivity contribution in [2.75, 3.05) is 6.54 Å². The van der Waals surface area contributed by atoms with E-state index in [1.807, 2.05) is 0 Å². The number of epoxide rings is 1. The molecular weight excluding hydrogens is 272 g/mol. The summed E-state index contributed by atoms with van der Waals surface area (Å²) in [6.07, 6.45) is -1.91. The first-order valence-electron chi connectivity index (χ1n) is 5.75. The molecule has 3 amide bonds. The van der Waals surface area contributed by atoms with Crippen LogP contribution in [0.4, 0.5) is 0 Å². The van der Waals surface area contributed by atoms with Crippen molar-refractivity contribution in [3.63, 3.8) is 0 Å². The summed E-state index contributed by atoms with van der Waals surface area (Å²) in [5, 5.41) is 13.1. The van der Waals surface area contributed by atoms with Crippen LogP contribution in [0.5, 0.6) is 0 Å². The van der Waals surface area contributed by atoms with E-state index in [1.54, 1.807) is 0 Å². The summed E-state index contributed by atoms with van der Waals surface area (Å²) in [4.78, 5) is 44.1. The summed E-state index contributed by atoms with van der Waals surface area (Å²) in [6.45, 7) is 1.06. The standard InChI is InChI=1S/C10H16N4O6/c1-3(10(18)19)14-8(16)4(11)2-13-9(17)6-5(20-6)7(12)15/h3-6H,2,11H2,1H3,(H2,12,15)(H,13,17)(H,14,16)(H,18,19)/t3-,4-,5-,6-/m0/s1. The molecule has 4 atom stereocenters. The Labute approximate surface area is 113 Å². The maximum Gasteiger partial charge on any atom is 0.325 e. The van der Waals surface area contributed by atoms with Gasteiger partial charge in [0.1, 0.15) is 12.1 Å². The van der Waals surface area contributed by atoms with Crippen LogP contribution in [0.25, 0.3) is 0 Å². The van der Waals surface area contributed by atoms with Crippen molar-refractivity contribution in [1.29, 1.82) is 0 Å². The highest BCUT2D eigenvalue weighted by Gasteiger charge is 2.49. The van der Waals surface area contributed by atoms with Gasteiger partial charge in [-0.25, -0.2) is 0 Å². The van der Waals surface area contributed by atoms with Crippen LogP contribution in [0.2, 0.25) is 0 Å². The van der Waals surface area contributed by atoms with E-state index in [9.17, 15) is 19.2 Å². The Morgan fingerprint density at radius 3 is 2.35 bits per heavy atom. The molecule has 112 valence electrons. The molecule has 7 N–H and O–H groups in total. The molecule has 0 aliphatic carbocycles. The first-order valence-corrected chi connectivity index (χ1v) is 5.75. The number of hydrogen-bond donors (Lipinski definition) is 5. The number of amides is 3. The molecule has 0 radical (unpaired) electrons. The number of carboxylic acids is 1. The van der Waals surface area contributed by atoms with E-state index in [0.717, 1.165) is 0 Å². The minimum atomic E-state index is -1.20. The molecule has 10 nitrogen and oxygen atoms in total. The molecule has 0 bridgehead atoms. The molecule has 20 heavy (non-hydrogen) atoms. The number of carboxylic acid groups (broad SMARTS) is 1. The van der Waals surface area contributed by atoms with Crippen LogP contribution in [0.3, 0.4) is 0 Å². The van der Waals surface area contributed by atoms with Gasteiger partial charge in [-0.15, -0.1) is 0 Å². The van der Waals surface area contributed by atoms with Crippen molar-refractivity contribution < 1.29 is 29.0 Å². The Kier molecular flexibility index (Phi) is 5.00. The molecule has 0 aromatic carbocycles. The number of aliphatic carboxylic acids is 1. The van der Waals surface area contributed by atoms with Crippen molar-refractivity contribution in [3.05, 3.63) is 0 Å². The van der Waals surface area contributed by atoms with E-state index in [4.69, 9.17) is 21.3 Å². The molecule has 0 unspecified atom stereocenters. The fourth-order valence-electron chi connectivity index (χ4n) is 1.31. The highest BCUT2D eigenvalue weighted by Crippen LogP contribution is 2.21. The van der Waals surface area contributed by atoms with Crippen LogP contribution in [-0.2, 0) is 23.9 Å². The summed E-state index contributed by atoms with van der Waals surface area (Å²) in [5.41, 5.74) is 10.4. The zero-order valence-corrected chi connectivity index (χ0v) is 10.7. The van der Waals surface area contributed by atoms with Crippen LogP contribution >= 0.6 is 0 Å². The first kappa shape index (κ1) is 15.9. The molecule has 0 spiro atoms. The molecular formula is C10H16N4O6. The van der Waals surface area contributed by atoms with Gasteiger partial charge in [-0.1, -0.05) is 0 Å². The summed E-state index contributed by atoms with van der Waals surface area (Å²) in [6, 6.07) is -2.21. The van der Waals surface area contributed by atoms with E-state index >= 15 is 0 Å². The van der Waals surface area contributed by atoms with E-state index < -0.39 is 48.0 Å². The van der Waals surface area contributed by atoms with Gasteiger partial charge in [0.05, 0.1) is 0 Å². The number of hydrogen-bond acceptors (Lipinski definition) is 6. The highest BCUT2D eigenvalue weighted by molar-refractivity contribution is 5.94. The normalized spacial score (nSPS) is 23.3. The third-order valence-corrected chi connectivity index (χ3v) is 2.59. The fourth-order valence-corrected chi connectivity index (χ4v) is 1.31. The van der Waals surface area contributed by atoms with Gasteiger partial charge in [-0.3, -0.25) is 19.2 Å². The quantitative estimate of drug-likeness (QED) is 0.299. The molecule has 1 saturated heterocycles. The van der Waals surface area contributed by atoms with E-state index in [0.29, 0.717) is 0 Å². The third kappa shape index (κ3) is 4.17. The maximum atomic E-state index is 11.5. The SMILES string of the molecule is C[C@H](NC(=O)[C@@H](N)CNC(=O)[C@H]1O[C@@H]1C(N)=O)C(=O)O. The predicted molar refractivity (Wildman–Crippen MR) is 64.1 cm³/mol. The Morgan fingerprint density at radius 1 is 1.30 bits per heavy atom. The minimum absolute atomic E-state index is 0.220. The number of nitrogens with one attached hydrogen (secondary N) is 2. The molecule has 0 aromatic heterocycles. The van der Waals surface area contributed by atoms with Crippen LogP contribution < -0.4 is 22.1 Å². The van der Waals surface area contributed by atoms with Crippen LogP contribution in [-0.4, -0.2) is 59.6 Å². The van der Waals surface area contributed by atoms with Crippen molar-refractivity contribution in [3.8, 4) is 0 Å². The summed E-state index contributed by atoms with van der Waals surface area (Å²) in [7, 11) is 0. The van der Waals surface area contributed by atoms with Crippen LogP contribution in [0.15, 0.2) is 0 Å². The Bertz CT molecular complexity index is 439. The van der Waals surface area contributed by atoms with Crippen molar-refractivity contribution >= 4 is 23.7 Å². The topological polar surface area (TPSA) is 177 Å². The molecule has 1 rings (SSSR count). The number of carbonyl (C=O) groups is 4. The Hall–Kier alpha value is -2.20. The van der Waals surface area contributed by atoms with Gasteiger partial charge in [0.25, 0.3) is 5.91 Å². The second kappa shape index (κ2) is 6.30. The van der Waals surface area contributed by atoms with Gasteiger partial charge in [-0.2, -0.15) is 0 Å². The highest BCUT2D eigenvalue weighted by atomic mass is 16.6. The average Bonchev–Trinajstić information content (AvgIpc) is 3.15. The molecule has 1 aliphatic rings. The monoisotopic (exact) mass is 288 g/mol. The second-order valence-corrected chi connectivity index (χ2v) is 4.30. The minimum Gasteiger partial charge on any atom is -0.480 e. The van der Waals surface area contributed by atoms with Crippen LogP contribution in [0.1, 0.15) is 6.92 Å². The lowest BCUT2D eigenvalue weighted by Gasteiger charge is -2.15. The van der Waals surface area contributed by atoms with Crippen molar-refractivity contribution in [2.45, 2.75) is 31.2 Å². The zero-order chi connectivity index (χ0) is 15.4. The lowest BCUT2D eigenvalue weighted by molar-refractivity contribution is -0.141. The summed E-state index contributed by atoms with van der Waals surface area (Å²) >= 11 is 0. The van der Waals surface area contributed by atoms with Gasteiger partial charge in [0.15, 0.2) is 12.2 Å². The van der Waals surface area contributed by atoms with Gasteiger partial charge in [-0.05, 0) is 6.92 Å². The predicted octanol–water partition coefficient (Wildman–Crippen LogP) is -3.73. The summed E-state index contributed by atoms with van der Waals surface area (Å²) < 4.78 is 4.72. The van der Waals surface area contributed by atoms with Crippen molar-refractivity contribution in [1.82, 2.24) is 10.6 Å². The molecule has 0 saturated carbocycles. The van der Waals surface area contributed by atoms with Gasteiger partial charge < -0.3 is 31.9 Å². The number of ether oxygens (including phenoxy) is 1. The molecule has 1 fully saturated rings. The Balaban J connectivity index is 2.31. The van der Waals surface area contributed by atoms with E-state index in [2.05, 4.69) is 10.6 Å². The largest absolute Gasteiger partial charge is 0.480 e. The Morgan fingerprint density at radius 2 is 1.90 bits per heavy atom. The van der Waals surface area contributed by atoms with Gasteiger partial charge in [0.2, 0.25) is 11.8 Å². The lowest BCUT2D eigenvalue weighted by Crippen LogP contribution is -2.52. The molecule has 1 heterocycles. The summed E-state index contributed by atoms with van der Waals surface area (Å²) in [5.74, 6) is -3.28. The number of carbonyl (C=O) groups excluding carboxylic acids is 3. The van der Waals surface area contributed by atoms with E-state index in [1.165, 1.54) is 6.92 Å². The number of rotatable bonds is 7. The molecule has 1 aliphatic heterocycles. The van der Waals surface area contributed by atoms with Crippen LogP contribution in [0, 0.1) is 0 Å². The first-order chi connectivity index (χ1) is 9.23. The maximum absolute atomic E-state index is 11.5. The van der Waals surface area contributed by atoms with Gasteiger partial charge >= 0.3 is 5.97 Å². The van der Waals surface area contributed by atoms with E-state index in [-0.39, 0.29) is 6.54 Å².